The number of aryl methyl sites for hydroxylation is 1. The molecule has 2 aliphatic rings. The van der Waals surface area contributed by atoms with Crippen molar-refractivity contribution in [2.24, 2.45) is 5.92 Å². The molecular formula is C30H31FN2O3. The lowest BCUT2D eigenvalue weighted by Crippen LogP contribution is -2.41. The minimum absolute atomic E-state index is 0.142. The van der Waals surface area contributed by atoms with Crippen molar-refractivity contribution in [1.82, 2.24) is 10.2 Å². The zero-order valence-electron chi connectivity index (χ0n) is 20.7. The van der Waals surface area contributed by atoms with Gasteiger partial charge >= 0.3 is 0 Å². The van der Waals surface area contributed by atoms with Gasteiger partial charge in [0.05, 0.1) is 6.04 Å². The number of ether oxygens (including phenoxy) is 1. The summed E-state index contributed by atoms with van der Waals surface area (Å²) in [4.78, 5) is 27.9. The molecule has 0 unspecified atom stereocenters. The van der Waals surface area contributed by atoms with Crippen LogP contribution in [0, 0.1) is 18.7 Å². The van der Waals surface area contributed by atoms with E-state index in [2.05, 4.69) is 36.5 Å². The molecule has 1 N–H and O–H groups in total. The number of amides is 2. The van der Waals surface area contributed by atoms with Gasteiger partial charge < -0.3 is 15.0 Å². The Morgan fingerprint density at radius 3 is 2.58 bits per heavy atom. The first-order valence-corrected chi connectivity index (χ1v) is 12.6. The van der Waals surface area contributed by atoms with Crippen LogP contribution in [0.4, 0.5) is 4.39 Å². The third-order valence-corrected chi connectivity index (χ3v) is 6.98. The molecule has 5 rings (SSSR count). The smallest absolute Gasteiger partial charge is 0.261 e. The predicted molar refractivity (Wildman–Crippen MR) is 136 cm³/mol. The first-order chi connectivity index (χ1) is 17.4. The number of benzene rings is 3. The summed E-state index contributed by atoms with van der Waals surface area (Å²) in [6.45, 7) is 4.76. The molecule has 0 spiro atoms. The molecule has 1 aliphatic heterocycles. The Kier molecular flexibility index (Phi) is 6.77. The zero-order valence-corrected chi connectivity index (χ0v) is 20.7. The monoisotopic (exact) mass is 486 g/mol. The van der Waals surface area contributed by atoms with E-state index in [0.29, 0.717) is 18.8 Å². The average molecular weight is 487 g/mol. The maximum atomic E-state index is 13.2. The molecule has 36 heavy (non-hydrogen) atoms. The van der Waals surface area contributed by atoms with Crippen molar-refractivity contribution in [2.45, 2.75) is 51.8 Å². The van der Waals surface area contributed by atoms with E-state index in [1.165, 1.54) is 17.7 Å². The van der Waals surface area contributed by atoms with Gasteiger partial charge in [0.25, 0.3) is 5.91 Å². The maximum Gasteiger partial charge on any atom is 0.261 e. The van der Waals surface area contributed by atoms with Crippen LogP contribution < -0.4 is 10.1 Å². The summed E-state index contributed by atoms with van der Waals surface area (Å²) < 4.78 is 19.2. The van der Waals surface area contributed by atoms with E-state index >= 15 is 0 Å². The summed E-state index contributed by atoms with van der Waals surface area (Å²) in [6, 6.07) is 20.1. The topological polar surface area (TPSA) is 58.6 Å². The van der Waals surface area contributed by atoms with Crippen LogP contribution in [-0.2, 0) is 22.6 Å². The van der Waals surface area contributed by atoms with E-state index < -0.39 is 6.10 Å². The van der Waals surface area contributed by atoms with E-state index in [1.807, 2.05) is 23.1 Å². The fraction of sp³-hybridized carbons (Fsp3) is 0.333. The first-order valence-electron chi connectivity index (χ1n) is 12.6. The number of carbonyl (C=O) groups is 2. The number of carbonyl (C=O) groups excluding carboxylic acids is 2. The van der Waals surface area contributed by atoms with Crippen LogP contribution in [-0.4, -0.2) is 29.4 Å². The number of rotatable bonds is 7. The lowest BCUT2D eigenvalue weighted by atomic mass is 9.87. The number of fused-ring (bicyclic) bond motifs is 1. The number of hydrogen-bond donors (Lipinski definition) is 1. The molecule has 5 nitrogen and oxygen atoms in total. The van der Waals surface area contributed by atoms with Gasteiger partial charge in [-0.15, -0.1) is 0 Å². The highest BCUT2D eigenvalue weighted by atomic mass is 19.1. The fourth-order valence-corrected chi connectivity index (χ4v) is 4.86. The molecule has 0 radical (unpaired) electrons. The molecule has 1 heterocycles. The zero-order chi connectivity index (χ0) is 25.2. The Morgan fingerprint density at radius 1 is 1.08 bits per heavy atom. The highest BCUT2D eigenvalue weighted by Crippen LogP contribution is 2.41. The molecule has 6 heteroatoms. The Bertz CT molecular complexity index is 1270. The number of hydrogen-bond acceptors (Lipinski definition) is 3. The Morgan fingerprint density at radius 2 is 1.86 bits per heavy atom. The van der Waals surface area contributed by atoms with Crippen molar-refractivity contribution in [2.75, 3.05) is 6.54 Å². The Labute approximate surface area is 211 Å². The van der Waals surface area contributed by atoms with Crippen LogP contribution in [0.15, 0.2) is 66.7 Å². The summed E-state index contributed by atoms with van der Waals surface area (Å²) in [5.41, 5.74) is 5.30. The summed E-state index contributed by atoms with van der Waals surface area (Å²) in [7, 11) is 0. The minimum Gasteiger partial charge on any atom is -0.481 e. The number of nitrogens with one attached hydrogen (secondary N) is 1. The minimum atomic E-state index is -0.714. The van der Waals surface area contributed by atoms with Gasteiger partial charge in [0.1, 0.15) is 11.6 Å². The van der Waals surface area contributed by atoms with Gasteiger partial charge in [-0.05, 0) is 79.6 Å². The summed E-state index contributed by atoms with van der Waals surface area (Å²) in [6.07, 6.45) is 2.02. The summed E-state index contributed by atoms with van der Waals surface area (Å²) >= 11 is 0. The lowest BCUT2D eigenvalue weighted by molar-refractivity contribution is -0.134. The van der Waals surface area contributed by atoms with E-state index in [0.717, 1.165) is 41.5 Å². The largest absolute Gasteiger partial charge is 0.481 e. The average Bonchev–Trinajstić information content (AvgIpc) is 3.72. The molecular weight excluding hydrogens is 455 g/mol. The summed E-state index contributed by atoms with van der Waals surface area (Å²) in [5, 5.41) is 2.84. The molecule has 0 aromatic heterocycles. The van der Waals surface area contributed by atoms with Crippen LogP contribution in [0.3, 0.4) is 0 Å². The standard InChI is InChI=1S/C30H31FN2O3/c1-19-4-3-5-24(16-19)28-27-17-26(13-10-22(27)14-15-33(28)30(35)23-8-9-23)36-20(2)29(34)32-18-21-6-11-25(31)12-7-21/h3-7,10-13,16-17,20,23,28H,8-9,14-15,18H2,1-2H3,(H,32,34)/t20-,28-/m0/s1. The molecule has 1 aliphatic carbocycles. The Balaban J connectivity index is 1.35. The highest BCUT2D eigenvalue weighted by molar-refractivity contribution is 5.82. The second-order valence-corrected chi connectivity index (χ2v) is 9.84. The van der Waals surface area contributed by atoms with Gasteiger partial charge in [-0.1, -0.05) is 48.0 Å². The molecule has 2 amide bonds. The van der Waals surface area contributed by atoms with E-state index in [1.54, 1.807) is 19.1 Å². The first kappa shape index (κ1) is 24.0. The van der Waals surface area contributed by atoms with Crippen molar-refractivity contribution in [3.05, 3.63) is 100 Å². The van der Waals surface area contributed by atoms with E-state index in [4.69, 9.17) is 4.74 Å². The van der Waals surface area contributed by atoms with Gasteiger partial charge in [0, 0.05) is 19.0 Å². The molecule has 3 aromatic rings. The molecule has 1 saturated carbocycles. The molecule has 186 valence electrons. The SMILES string of the molecule is Cc1cccc([C@H]2c3cc(O[C@@H](C)C(=O)NCc4ccc(F)cc4)ccc3CCN2C(=O)C2CC2)c1. The second kappa shape index (κ2) is 10.1. The predicted octanol–water partition coefficient (Wildman–Crippen LogP) is 5.10. The van der Waals surface area contributed by atoms with Gasteiger partial charge in [-0.25, -0.2) is 4.39 Å². The van der Waals surface area contributed by atoms with Crippen LogP contribution in [0.1, 0.15) is 53.6 Å². The highest BCUT2D eigenvalue weighted by Gasteiger charge is 2.39. The van der Waals surface area contributed by atoms with Crippen molar-refractivity contribution in [1.29, 1.82) is 0 Å². The maximum absolute atomic E-state index is 13.2. The number of halogens is 1. The van der Waals surface area contributed by atoms with Crippen molar-refractivity contribution >= 4 is 11.8 Å². The fourth-order valence-electron chi connectivity index (χ4n) is 4.86. The van der Waals surface area contributed by atoms with E-state index in [-0.39, 0.29) is 29.6 Å². The van der Waals surface area contributed by atoms with E-state index in [9.17, 15) is 14.0 Å². The molecule has 0 saturated heterocycles. The van der Waals surface area contributed by atoms with Crippen molar-refractivity contribution in [3.63, 3.8) is 0 Å². The van der Waals surface area contributed by atoms with Crippen LogP contribution in [0.25, 0.3) is 0 Å². The molecule has 3 aromatic carbocycles. The van der Waals surface area contributed by atoms with Crippen molar-refractivity contribution in [3.8, 4) is 5.75 Å². The van der Waals surface area contributed by atoms with Crippen LogP contribution in [0.5, 0.6) is 5.75 Å². The second-order valence-electron chi connectivity index (χ2n) is 9.84. The molecule has 0 bridgehead atoms. The molecule has 2 atom stereocenters. The third-order valence-electron chi connectivity index (χ3n) is 6.98. The third kappa shape index (κ3) is 5.27. The molecule has 1 fully saturated rings. The van der Waals surface area contributed by atoms with Crippen molar-refractivity contribution < 1.29 is 18.7 Å². The van der Waals surface area contributed by atoms with Gasteiger partial charge in [0.15, 0.2) is 6.10 Å². The quantitative estimate of drug-likeness (QED) is 0.505. The normalized spacial score (nSPS) is 17.8. The van der Waals surface area contributed by atoms with Gasteiger partial charge in [-0.3, -0.25) is 9.59 Å². The Hall–Kier alpha value is -3.67. The number of nitrogens with zero attached hydrogens (tertiary/aromatic N) is 1. The van der Waals surface area contributed by atoms with Gasteiger partial charge in [-0.2, -0.15) is 0 Å². The van der Waals surface area contributed by atoms with Gasteiger partial charge in [0.2, 0.25) is 5.91 Å². The van der Waals surface area contributed by atoms with Crippen LogP contribution >= 0.6 is 0 Å². The lowest BCUT2D eigenvalue weighted by Gasteiger charge is -2.38. The summed E-state index contributed by atoms with van der Waals surface area (Å²) in [5.74, 6) is 0.403. The van der Waals surface area contributed by atoms with Crippen LogP contribution in [0.2, 0.25) is 0 Å².